The number of carboxylic acids is 1. The Balaban J connectivity index is 1.78. The second kappa shape index (κ2) is 10.7. The molecule has 8 nitrogen and oxygen atoms in total. The Kier molecular flexibility index (Phi) is 8.03. The fourth-order valence-corrected chi connectivity index (χ4v) is 4.48. The molecule has 0 bridgehead atoms. The number of rotatable bonds is 8. The summed E-state index contributed by atoms with van der Waals surface area (Å²) in [5.41, 5.74) is 0.886. The molecule has 0 radical (unpaired) electrons. The Hall–Kier alpha value is -2.72. The van der Waals surface area contributed by atoms with E-state index in [2.05, 4.69) is 37.2 Å². The van der Waals surface area contributed by atoms with Crippen molar-refractivity contribution in [3.05, 3.63) is 57.0 Å². The van der Waals surface area contributed by atoms with Crippen LogP contribution in [0.2, 0.25) is 0 Å². The van der Waals surface area contributed by atoms with E-state index < -0.39 is 18.2 Å². The maximum atomic E-state index is 12.7. The van der Waals surface area contributed by atoms with E-state index in [-0.39, 0.29) is 18.5 Å². The van der Waals surface area contributed by atoms with Gasteiger partial charge in [-0.05, 0) is 59.0 Å². The summed E-state index contributed by atoms with van der Waals surface area (Å²) in [4.78, 5) is 23.4. The van der Waals surface area contributed by atoms with Gasteiger partial charge in [-0.15, -0.1) is 0 Å². The molecule has 0 fully saturated rings. The first kappa shape index (κ1) is 23.9. The minimum absolute atomic E-state index is 0.0398. The molecule has 0 aromatic heterocycles. The zero-order valence-electron chi connectivity index (χ0n) is 17.0. The van der Waals surface area contributed by atoms with Gasteiger partial charge in [-0.2, -0.15) is 0 Å². The summed E-state index contributed by atoms with van der Waals surface area (Å²) in [6.07, 6.45) is 2.09. The summed E-state index contributed by atoms with van der Waals surface area (Å²) >= 11 is 6.70. The van der Waals surface area contributed by atoms with Crippen molar-refractivity contribution in [1.29, 1.82) is 0 Å². The molecular weight excluding hydrogens is 550 g/mol. The van der Waals surface area contributed by atoms with E-state index in [1.54, 1.807) is 36.4 Å². The lowest BCUT2D eigenvalue weighted by Gasteiger charge is -2.26. The zero-order valence-corrected chi connectivity index (χ0v) is 20.2. The molecule has 0 saturated heterocycles. The summed E-state index contributed by atoms with van der Waals surface area (Å²) < 4.78 is 17.5. The third-order valence-corrected chi connectivity index (χ3v) is 5.85. The Bertz CT molecular complexity index is 1040. The molecule has 3 rings (SSSR count). The van der Waals surface area contributed by atoms with Gasteiger partial charge in [0.05, 0.1) is 4.47 Å². The van der Waals surface area contributed by atoms with Gasteiger partial charge >= 0.3 is 12.1 Å². The molecule has 0 aliphatic carbocycles. The quantitative estimate of drug-likeness (QED) is 0.334. The number of hydrogen-bond acceptors (Lipinski definition) is 6. The van der Waals surface area contributed by atoms with E-state index in [1.165, 1.54) is 0 Å². The van der Waals surface area contributed by atoms with Crippen molar-refractivity contribution < 1.29 is 34.0 Å². The maximum absolute atomic E-state index is 12.7. The van der Waals surface area contributed by atoms with E-state index in [1.807, 2.05) is 6.92 Å². The third kappa shape index (κ3) is 6.17. The van der Waals surface area contributed by atoms with Crippen molar-refractivity contribution in [1.82, 2.24) is 0 Å². The number of carbonyl (C=O) groups is 2. The number of carboxylic acid groups (broad SMARTS) is 1. The van der Waals surface area contributed by atoms with E-state index in [0.717, 1.165) is 6.08 Å². The lowest BCUT2D eigenvalue weighted by molar-refractivity contribution is -0.131. The van der Waals surface area contributed by atoms with Crippen LogP contribution in [-0.2, 0) is 9.53 Å². The van der Waals surface area contributed by atoms with Gasteiger partial charge in [0.2, 0.25) is 6.79 Å². The minimum atomic E-state index is -1.03. The van der Waals surface area contributed by atoms with Crippen LogP contribution < -0.4 is 14.8 Å². The van der Waals surface area contributed by atoms with Crippen molar-refractivity contribution in [2.75, 3.05) is 12.1 Å². The van der Waals surface area contributed by atoms with Gasteiger partial charge in [0.25, 0.3) is 0 Å². The van der Waals surface area contributed by atoms with E-state index >= 15 is 0 Å². The SMILES string of the molecule is C[C@H](CC/C=C/C(=O)O)[C@@H](OC(=O)Nc1ccc2c(c1)OCO2)c1cc(Br)cc(Br)c1O. The molecular formula is C22H21Br2NO7. The van der Waals surface area contributed by atoms with Gasteiger partial charge in [0.1, 0.15) is 11.9 Å². The van der Waals surface area contributed by atoms with Crippen LogP contribution in [0.15, 0.2) is 51.4 Å². The van der Waals surface area contributed by atoms with E-state index in [9.17, 15) is 14.7 Å². The van der Waals surface area contributed by atoms with Crippen molar-refractivity contribution >= 4 is 49.6 Å². The lowest BCUT2D eigenvalue weighted by Crippen LogP contribution is -2.22. The molecule has 1 heterocycles. The van der Waals surface area contributed by atoms with Crippen molar-refractivity contribution in [2.24, 2.45) is 5.92 Å². The number of amides is 1. The molecule has 0 saturated carbocycles. The summed E-state index contributed by atoms with van der Waals surface area (Å²) in [5, 5.41) is 22.0. The number of carbonyl (C=O) groups excluding carboxylic acids is 1. The highest BCUT2D eigenvalue weighted by atomic mass is 79.9. The first-order chi connectivity index (χ1) is 15.2. The smallest absolute Gasteiger partial charge is 0.412 e. The van der Waals surface area contributed by atoms with Crippen molar-refractivity contribution in [2.45, 2.75) is 25.9 Å². The highest BCUT2D eigenvalue weighted by Crippen LogP contribution is 2.41. The molecule has 3 N–H and O–H groups in total. The Labute approximate surface area is 201 Å². The molecule has 0 unspecified atom stereocenters. The normalized spacial score (nSPS) is 14.2. The van der Waals surface area contributed by atoms with Gasteiger partial charge < -0.3 is 24.4 Å². The monoisotopic (exact) mass is 569 g/mol. The lowest BCUT2D eigenvalue weighted by atomic mass is 9.92. The molecule has 32 heavy (non-hydrogen) atoms. The van der Waals surface area contributed by atoms with Crippen molar-refractivity contribution in [3.8, 4) is 17.2 Å². The number of allylic oxidation sites excluding steroid dienone is 1. The van der Waals surface area contributed by atoms with Crippen LogP contribution in [-0.4, -0.2) is 29.1 Å². The van der Waals surface area contributed by atoms with E-state index in [0.29, 0.717) is 44.5 Å². The number of nitrogens with one attached hydrogen (secondary N) is 1. The number of ether oxygens (including phenoxy) is 3. The predicted octanol–water partition coefficient (Wildman–Crippen LogP) is 5.99. The molecule has 2 aromatic rings. The molecule has 10 heteroatoms. The average Bonchev–Trinajstić information content (AvgIpc) is 3.19. The fourth-order valence-electron chi connectivity index (χ4n) is 3.22. The number of anilines is 1. The predicted molar refractivity (Wildman–Crippen MR) is 124 cm³/mol. The van der Waals surface area contributed by atoms with Gasteiger partial charge in [-0.1, -0.05) is 28.9 Å². The van der Waals surface area contributed by atoms with Gasteiger partial charge in [-0.3, -0.25) is 5.32 Å². The number of benzene rings is 2. The Morgan fingerprint density at radius 1 is 1.22 bits per heavy atom. The number of fused-ring (bicyclic) bond motifs is 1. The maximum Gasteiger partial charge on any atom is 0.412 e. The fraction of sp³-hybridized carbons (Fsp3) is 0.273. The molecule has 1 aliphatic heterocycles. The van der Waals surface area contributed by atoms with Crippen LogP contribution >= 0.6 is 31.9 Å². The van der Waals surface area contributed by atoms with Crippen LogP contribution in [0.1, 0.15) is 31.4 Å². The molecule has 1 amide bonds. The second-order valence-electron chi connectivity index (χ2n) is 7.14. The number of aromatic hydroxyl groups is 1. The highest BCUT2D eigenvalue weighted by Gasteiger charge is 2.28. The van der Waals surface area contributed by atoms with Crippen LogP contribution in [0, 0.1) is 5.92 Å². The van der Waals surface area contributed by atoms with Crippen LogP contribution in [0.5, 0.6) is 17.2 Å². The number of aliphatic carboxylic acids is 1. The molecule has 2 aromatic carbocycles. The van der Waals surface area contributed by atoms with Crippen LogP contribution in [0.4, 0.5) is 10.5 Å². The molecule has 0 spiro atoms. The standard InChI is InChI=1S/C22H21Br2NO7/c1-12(4-2-3-5-19(26)27)21(15-8-13(23)9-16(24)20(15)28)32-22(29)25-14-6-7-17-18(10-14)31-11-30-17/h3,5-10,12,21,28H,2,4,11H2,1H3,(H,25,29)(H,26,27)/b5-3+/t12-,21-/m1/s1. The van der Waals surface area contributed by atoms with Gasteiger partial charge in [-0.25, -0.2) is 9.59 Å². The second-order valence-corrected chi connectivity index (χ2v) is 8.91. The van der Waals surface area contributed by atoms with Crippen LogP contribution in [0.25, 0.3) is 0 Å². The van der Waals surface area contributed by atoms with Gasteiger partial charge in [0.15, 0.2) is 11.5 Å². The van der Waals surface area contributed by atoms with Gasteiger partial charge in [0, 0.05) is 27.9 Å². The molecule has 1 aliphatic rings. The summed E-state index contributed by atoms with van der Waals surface area (Å²) in [5.74, 6) is -0.188. The summed E-state index contributed by atoms with van der Waals surface area (Å²) in [6, 6.07) is 8.35. The molecule has 170 valence electrons. The zero-order chi connectivity index (χ0) is 23.3. The van der Waals surface area contributed by atoms with Crippen LogP contribution in [0.3, 0.4) is 0 Å². The van der Waals surface area contributed by atoms with E-state index in [4.69, 9.17) is 19.3 Å². The first-order valence-corrected chi connectivity index (χ1v) is 11.3. The highest BCUT2D eigenvalue weighted by molar-refractivity contribution is 9.11. The topological polar surface area (TPSA) is 114 Å². The number of hydrogen-bond donors (Lipinski definition) is 3. The first-order valence-electron chi connectivity index (χ1n) is 9.69. The average molecular weight is 571 g/mol. The summed E-state index contributed by atoms with van der Waals surface area (Å²) in [7, 11) is 0. The van der Waals surface area contributed by atoms with Crippen molar-refractivity contribution in [3.63, 3.8) is 0 Å². The Morgan fingerprint density at radius 3 is 2.72 bits per heavy atom. The summed E-state index contributed by atoms with van der Waals surface area (Å²) in [6.45, 7) is 1.98. The molecule has 2 atom stereocenters. The minimum Gasteiger partial charge on any atom is -0.506 e. The number of phenolic OH excluding ortho intramolecular Hbond substituents is 1. The Morgan fingerprint density at radius 2 is 1.97 bits per heavy atom. The largest absolute Gasteiger partial charge is 0.506 e. The number of halogens is 2. The third-order valence-electron chi connectivity index (χ3n) is 4.78. The number of phenols is 1.